The molecule has 1 aliphatic heterocycles. The Balaban J connectivity index is 2.14. The third-order valence-electron chi connectivity index (χ3n) is 4.92. The Labute approximate surface area is 162 Å². The minimum absolute atomic E-state index is 0.000233. The molecule has 3 rings (SSSR count). The van der Waals surface area contributed by atoms with Gasteiger partial charge < -0.3 is 14.8 Å². The zero-order valence-corrected chi connectivity index (χ0v) is 16.9. The fourth-order valence-corrected chi connectivity index (χ4v) is 3.63. The van der Waals surface area contributed by atoms with E-state index in [0.29, 0.717) is 0 Å². The molecule has 0 bridgehead atoms. The molecule has 0 radical (unpaired) electrons. The quantitative estimate of drug-likeness (QED) is 0.645. The van der Waals surface area contributed by atoms with Crippen molar-refractivity contribution in [3.63, 3.8) is 0 Å². The number of anilines is 1. The number of rotatable bonds is 6. The fraction of sp³-hybridized carbons (Fsp3) is 0.333. The molecule has 0 spiro atoms. The van der Waals surface area contributed by atoms with Gasteiger partial charge in [-0.15, -0.1) is 6.58 Å². The SMILES string of the molecule is C=CC(C)OC(C)C1=CC(C)(C)Nc2c1cccc2-c1ccccc1OC. The normalized spacial score (nSPS) is 17.1. The fourth-order valence-electron chi connectivity index (χ4n) is 3.63. The van der Waals surface area contributed by atoms with Gasteiger partial charge in [0.15, 0.2) is 0 Å². The van der Waals surface area contributed by atoms with Crippen LogP contribution in [0.5, 0.6) is 5.75 Å². The highest BCUT2D eigenvalue weighted by atomic mass is 16.5. The van der Waals surface area contributed by atoms with Crippen molar-refractivity contribution < 1.29 is 9.47 Å². The van der Waals surface area contributed by atoms with Gasteiger partial charge in [0.1, 0.15) is 5.75 Å². The first-order chi connectivity index (χ1) is 12.9. The van der Waals surface area contributed by atoms with E-state index < -0.39 is 0 Å². The van der Waals surface area contributed by atoms with Gasteiger partial charge in [0.2, 0.25) is 0 Å². The van der Waals surface area contributed by atoms with E-state index in [1.54, 1.807) is 7.11 Å². The van der Waals surface area contributed by atoms with Crippen molar-refractivity contribution in [2.75, 3.05) is 12.4 Å². The molecule has 2 aromatic carbocycles. The summed E-state index contributed by atoms with van der Waals surface area (Å²) in [6.45, 7) is 12.3. The molecule has 142 valence electrons. The number of ether oxygens (including phenoxy) is 2. The number of methoxy groups -OCH3 is 1. The van der Waals surface area contributed by atoms with E-state index >= 15 is 0 Å². The van der Waals surface area contributed by atoms with Gasteiger partial charge in [-0.2, -0.15) is 0 Å². The second-order valence-electron chi connectivity index (χ2n) is 7.59. The number of hydrogen-bond acceptors (Lipinski definition) is 3. The van der Waals surface area contributed by atoms with Gasteiger partial charge in [0.25, 0.3) is 0 Å². The maximum Gasteiger partial charge on any atom is 0.126 e. The third-order valence-corrected chi connectivity index (χ3v) is 4.92. The van der Waals surface area contributed by atoms with Crippen molar-refractivity contribution in [1.29, 1.82) is 0 Å². The van der Waals surface area contributed by atoms with Crippen LogP contribution in [0, 0.1) is 0 Å². The van der Waals surface area contributed by atoms with E-state index in [0.717, 1.165) is 22.6 Å². The Morgan fingerprint density at radius 3 is 2.37 bits per heavy atom. The molecular weight excluding hydrogens is 334 g/mol. The van der Waals surface area contributed by atoms with E-state index in [1.807, 2.05) is 31.2 Å². The largest absolute Gasteiger partial charge is 0.496 e. The van der Waals surface area contributed by atoms with Crippen molar-refractivity contribution in [3.8, 4) is 16.9 Å². The minimum atomic E-state index is -0.185. The predicted molar refractivity (Wildman–Crippen MR) is 114 cm³/mol. The molecular formula is C24H29NO2. The van der Waals surface area contributed by atoms with Crippen LogP contribution in [0.15, 0.2) is 61.2 Å². The van der Waals surface area contributed by atoms with Gasteiger partial charge in [-0.05, 0) is 39.3 Å². The Bertz CT molecular complexity index is 866. The number of nitrogens with one attached hydrogen (secondary N) is 1. The van der Waals surface area contributed by atoms with Crippen LogP contribution >= 0.6 is 0 Å². The average molecular weight is 364 g/mol. The molecule has 0 aliphatic carbocycles. The van der Waals surface area contributed by atoms with Gasteiger partial charge in [-0.3, -0.25) is 0 Å². The first-order valence-corrected chi connectivity index (χ1v) is 9.42. The maximum atomic E-state index is 6.14. The second kappa shape index (κ2) is 7.61. The summed E-state index contributed by atoms with van der Waals surface area (Å²) in [5.41, 5.74) is 5.50. The molecule has 0 saturated carbocycles. The Hall–Kier alpha value is -2.52. The van der Waals surface area contributed by atoms with Crippen molar-refractivity contribution in [1.82, 2.24) is 0 Å². The number of benzene rings is 2. The standard InChI is InChI=1S/C24H29NO2/c1-7-16(2)27-17(3)21-15-24(4,5)25-23-19(12-10-13-20(21)23)18-11-8-9-14-22(18)26-6/h7-17,25H,1H2,2-6H3. The van der Waals surface area contributed by atoms with Crippen LogP contribution < -0.4 is 10.1 Å². The van der Waals surface area contributed by atoms with Crippen LogP contribution in [0.1, 0.15) is 33.3 Å². The number of fused-ring (bicyclic) bond motifs is 1. The average Bonchev–Trinajstić information content (AvgIpc) is 2.66. The lowest BCUT2D eigenvalue weighted by Crippen LogP contribution is -2.34. The van der Waals surface area contributed by atoms with Crippen LogP contribution in [-0.4, -0.2) is 24.9 Å². The number of hydrogen-bond donors (Lipinski definition) is 1. The molecule has 3 nitrogen and oxygen atoms in total. The van der Waals surface area contributed by atoms with E-state index in [4.69, 9.17) is 9.47 Å². The van der Waals surface area contributed by atoms with Gasteiger partial charge >= 0.3 is 0 Å². The first kappa shape index (κ1) is 19.2. The Morgan fingerprint density at radius 2 is 1.67 bits per heavy atom. The summed E-state index contributed by atoms with van der Waals surface area (Å²) < 4.78 is 11.7. The molecule has 0 aromatic heterocycles. The highest BCUT2D eigenvalue weighted by Crippen LogP contribution is 2.44. The summed E-state index contributed by atoms with van der Waals surface area (Å²) in [6.07, 6.45) is 4.06. The van der Waals surface area contributed by atoms with E-state index in [-0.39, 0.29) is 17.7 Å². The van der Waals surface area contributed by atoms with Crippen LogP contribution in [0.25, 0.3) is 16.7 Å². The van der Waals surface area contributed by atoms with E-state index in [9.17, 15) is 0 Å². The van der Waals surface area contributed by atoms with Crippen molar-refractivity contribution >= 4 is 11.3 Å². The summed E-state index contributed by atoms with van der Waals surface area (Å²) >= 11 is 0. The van der Waals surface area contributed by atoms with Crippen LogP contribution in [0.2, 0.25) is 0 Å². The molecule has 0 fully saturated rings. The van der Waals surface area contributed by atoms with Crippen LogP contribution in [0.4, 0.5) is 5.69 Å². The van der Waals surface area contributed by atoms with Gasteiger partial charge in [0.05, 0.1) is 30.5 Å². The maximum absolute atomic E-state index is 6.14. The molecule has 0 amide bonds. The van der Waals surface area contributed by atoms with Gasteiger partial charge in [-0.1, -0.05) is 48.6 Å². The minimum Gasteiger partial charge on any atom is -0.496 e. The zero-order chi connectivity index (χ0) is 19.6. The lowest BCUT2D eigenvalue weighted by molar-refractivity contribution is 0.0688. The van der Waals surface area contributed by atoms with Crippen molar-refractivity contribution in [2.24, 2.45) is 0 Å². The highest BCUT2D eigenvalue weighted by Gasteiger charge is 2.29. The van der Waals surface area contributed by atoms with Crippen molar-refractivity contribution in [2.45, 2.75) is 45.4 Å². The van der Waals surface area contributed by atoms with E-state index in [2.05, 4.69) is 63.0 Å². The number of para-hydroxylation sites is 2. The molecule has 2 aromatic rings. The summed E-state index contributed by atoms with van der Waals surface area (Å²) in [6, 6.07) is 14.5. The molecule has 1 aliphatic rings. The van der Waals surface area contributed by atoms with Crippen LogP contribution in [-0.2, 0) is 4.74 Å². The van der Waals surface area contributed by atoms with Crippen LogP contribution in [0.3, 0.4) is 0 Å². The van der Waals surface area contributed by atoms with E-state index in [1.165, 1.54) is 11.1 Å². The molecule has 1 heterocycles. The lowest BCUT2D eigenvalue weighted by Gasteiger charge is -2.36. The highest BCUT2D eigenvalue weighted by molar-refractivity contribution is 5.93. The monoisotopic (exact) mass is 363 g/mol. The summed E-state index contributed by atoms with van der Waals surface area (Å²) in [4.78, 5) is 0. The molecule has 2 unspecified atom stereocenters. The molecule has 2 atom stereocenters. The van der Waals surface area contributed by atoms with Crippen molar-refractivity contribution in [3.05, 3.63) is 66.8 Å². The zero-order valence-electron chi connectivity index (χ0n) is 16.9. The topological polar surface area (TPSA) is 30.5 Å². The molecule has 27 heavy (non-hydrogen) atoms. The van der Waals surface area contributed by atoms with Gasteiger partial charge in [-0.25, -0.2) is 0 Å². The first-order valence-electron chi connectivity index (χ1n) is 9.42. The summed E-state index contributed by atoms with van der Waals surface area (Å²) in [5, 5.41) is 3.70. The van der Waals surface area contributed by atoms with Gasteiger partial charge in [0, 0.05) is 16.7 Å². The smallest absolute Gasteiger partial charge is 0.126 e. The molecule has 0 saturated heterocycles. The predicted octanol–water partition coefficient (Wildman–Crippen LogP) is 5.93. The second-order valence-corrected chi connectivity index (χ2v) is 7.59. The summed E-state index contributed by atoms with van der Waals surface area (Å²) in [5.74, 6) is 0.867. The lowest BCUT2D eigenvalue weighted by atomic mass is 9.85. The third kappa shape index (κ3) is 3.93. The molecule has 3 heteroatoms. The molecule has 1 N–H and O–H groups in total. The Morgan fingerprint density at radius 1 is 1.00 bits per heavy atom. The Kier molecular flexibility index (Phi) is 5.43. The summed E-state index contributed by atoms with van der Waals surface area (Å²) in [7, 11) is 1.71.